The van der Waals surface area contributed by atoms with Crippen molar-refractivity contribution in [3.8, 4) is 11.5 Å². The number of nitro groups is 1. The van der Waals surface area contributed by atoms with Gasteiger partial charge in [0.15, 0.2) is 5.84 Å². The summed E-state index contributed by atoms with van der Waals surface area (Å²) in [6.45, 7) is 0. The number of nitrogens with two attached hydrogens (primary N) is 1. The van der Waals surface area contributed by atoms with Crippen molar-refractivity contribution >= 4 is 11.5 Å². The van der Waals surface area contributed by atoms with Crippen LogP contribution >= 0.6 is 0 Å². The Hall–Kier alpha value is -3.16. The second kappa shape index (κ2) is 5.65. The number of hydrogen-bond donors (Lipinski definition) is 2. The molecule has 0 amide bonds. The quantitative estimate of drug-likeness (QED) is 0.288. The number of benzene rings is 1. The molecule has 0 bridgehead atoms. The number of aromatic nitrogens is 1. The van der Waals surface area contributed by atoms with Crippen LogP contribution in [-0.4, -0.2) is 21.0 Å². The van der Waals surface area contributed by atoms with Crippen LogP contribution in [0.15, 0.2) is 47.9 Å². The summed E-state index contributed by atoms with van der Waals surface area (Å²) < 4.78 is 5.51. The highest BCUT2D eigenvalue weighted by Gasteiger charge is 2.15. The predicted molar refractivity (Wildman–Crippen MR) is 69.9 cm³/mol. The highest BCUT2D eigenvalue weighted by atomic mass is 16.6. The van der Waals surface area contributed by atoms with E-state index in [1.54, 1.807) is 18.3 Å². The van der Waals surface area contributed by atoms with Crippen LogP contribution in [-0.2, 0) is 0 Å². The number of pyridine rings is 1. The molecule has 8 heteroatoms. The van der Waals surface area contributed by atoms with Gasteiger partial charge in [-0.3, -0.25) is 15.1 Å². The van der Waals surface area contributed by atoms with Crippen LogP contribution in [0.2, 0.25) is 0 Å². The molecule has 0 fully saturated rings. The first kappa shape index (κ1) is 13.3. The first-order valence-corrected chi connectivity index (χ1v) is 5.46. The minimum absolute atomic E-state index is 0.116. The molecular weight excluding hydrogens is 264 g/mol. The highest BCUT2D eigenvalue weighted by molar-refractivity contribution is 6.00. The lowest BCUT2D eigenvalue weighted by Gasteiger charge is -2.09. The van der Waals surface area contributed by atoms with E-state index in [0.29, 0.717) is 5.75 Å². The molecule has 8 nitrogen and oxygen atoms in total. The molecule has 0 spiro atoms. The highest BCUT2D eigenvalue weighted by Crippen LogP contribution is 2.28. The van der Waals surface area contributed by atoms with Crippen molar-refractivity contribution in [2.24, 2.45) is 10.9 Å². The maximum absolute atomic E-state index is 10.7. The molecule has 2 aromatic rings. The summed E-state index contributed by atoms with van der Waals surface area (Å²) in [5, 5.41) is 22.3. The van der Waals surface area contributed by atoms with E-state index in [2.05, 4.69) is 10.1 Å². The lowest BCUT2D eigenvalue weighted by Crippen LogP contribution is -2.14. The molecule has 0 saturated heterocycles. The second-order valence-electron chi connectivity index (χ2n) is 3.71. The average Bonchev–Trinajstić information content (AvgIpc) is 2.47. The normalized spacial score (nSPS) is 11.1. The van der Waals surface area contributed by atoms with Gasteiger partial charge in [0.2, 0.25) is 0 Å². The molecule has 102 valence electrons. The number of oxime groups is 1. The number of amidine groups is 1. The Balaban J connectivity index is 2.44. The van der Waals surface area contributed by atoms with E-state index >= 15 is 0 Å². The molecule has 0 unspecified atom stereocenters. The van der Waals surface area contributed by atoms with Gasteiger partial charge in [0.1, 0.15) is 11.5 Å². The van der Waals surface area contributed by atoms with Crippen LogP contribution in [0.1, 0.15) is 5.56 Å². The van der Waals surface area contributed by atoms with Crippen LogP contribution in [0, 0.1) is 10.1 Å². The van der Waals surface area contributed by atoms with Gasteiger partial charge in [-0.2, -0.15) is 0 Å². The van der Waals surface area contributed by atoms with Gasteiger partial charge in [0.25, 0.3) is 5.69 Å². The summed E-state index contributed by atoms with van der Waals surface area (Å²) in [5.41, 5.74) is 5.43. The summed E-state index contributed by atoms with van der Waals surface area (Å²) in [6.07, 6.45) is 3.05. The Morgan fingerprint density at radius 3 is 2.85 bits per heavy atom. The summed E-state index contributed by atoms with van der Waals surface area (Å²) >= 11 is 0. The number of rotatable bonds is 4. The lowest BCUT2D eigenvalue weighted by atomic mass is 10.1. The van der Waals surface area contributed by atoms with Gasteiger partial charge < -0.3 is 15.7 Å². The van der Waals surface area contributed by atoms with Crippen LogP contribution in [0.3, 0.4) is 0 Å². The third-order valence-corrected chi connectivity index (χ3v) is 2.42. The Labute approximate surface area is 113 Å². The SMILES string of the molecule is NC(=NO)c1cc([N+](=O)[O-])ccc1Oc1cccnc1. The van der Waals surface area contributed by atoms with Crippen molar-refractivity contribution < 1.29 is 14.9 Å². The maximum atomic E-state index is 10.7. The molecule has 2 rings (SSSR count). The monoisotopic (exact) mass is 274 g/mol. The van der Waals surface area contributed by atoms with E-state index in [4.69, 9.17) is 15.7 Å². The van der Waals surface area contributed by atoms with E-state index in [0.717, 1.165) is 0 Å². The number of nitro benzene ring substituents is 1. The Morgan fingerprint density at radius 2 is 2.25 bits per heavy atom. The average molecular weight is 274 g/mol. The summed E-state index contributed by atoms with van der Waals surface area (Å²) in [7, 11) is 0. The molecule has 0 saturated carbocycles. The van der Waals surface area contributed by atoms with Gasteiger partial charge in [0.05, 0.1) is 16.7 Å². The van der Waals surface area contributed by atoms with E-state index in [1.807, 2.05) is 0 Å². The van der Waals surface area contributed by atoms with Crippen LogP contribution in [0.4, 0.5) is 5.69 Å². The molecule has 0 aliphatic heterocycles. The van der Waals surface area contributed by atoms with Crippen molar-refractivity contribution in [3.05, 3.63) is 58.4 Å². The van der Waals surface area contributed by atoms with E-state index in [1.165, 1.54) is 24.4 Å². The van der Waals surface area contributed by atoms with E-state index in [9.17, 15) is 10.1 Å². The number of ether oxygens (including phenoxy) is 1. The topological polar surface area (TPSA) is 124 Å². The zero-order valence-corrected chi connectivity index (χ0v) is 10.1. The van der Waals surface area contributed by atoms with Gasteiger partial charge in [0, 0.05) is 18.3 Å². The summed E-state index contributed by atoms with van der Waals surface area (Å²) in [6, 6.07) is 7.13. The molecule has 1 aromatic heterocycles. The van der Waals surface area contributed by atoms with Crippen molar-refractivity contribution in [1.82, 2.24) is 4.98 Å². The largest absolute Gasteiger partial charge is 0.455 e. The van der Waals surface area contributed by atoms with Crippen molar-refractivity contribution in [1.29, 1.82) is 0 Å². The standard InChI is InChI=1S/C12H10N4O4/c13-12(15-17)10-6-8(16(18)19)3-4-11(10)20-9-2-1-5-14-7-9/h1-7,17H,(H2,13,15). The maximum Gasteiger partial charge on any atom is 0.270 e. The fourth-order valence-corrected chi connectivity index (χ4v) is 1.51. The van der Waals surface area contributed by atoms with Gasteiger partial charge >= 0.3 is 0 Å². The fraction of sp³-hybridized carbons (Fsp3) is 0. The minimum atomic E-state index is -0.581. The number of nitrogens with zero attached hydrogens (tertiary/aromatic N) is 3. The van der Waals surface area contributed by atoms with E-state index in [-0.39, 0.29) is 22.8 Å². The van der Waals surface area contributed by atoms with Crippen molar-refractivity contribution in [2.45, 2.75) is 0 Å². The zero-order valence-electron chi connectivity index (χ0n) is 10.1. The zero-order chi connectivity index (χ0) is 14.5. The van der Waals surface area contributed by atoms with Crippen molar-refractivity contribution in [3.63, 3.8) is 0 Å². The summed E-state index contributed by atoms with van der Waals surface area (Å²) in [5.74, 6) is 0.361. The van der Waals surface area contributed by atoms with Gasteiger partial charge in [-0.15, -0.1) is 0 Å². The van der Waals surface area contributed by atoms with Gasteiger partial charge in [-0.05, 0) is 18.2 Å². The Bertz CT molecular complexity index is 658. The summed E-state index contributed by atoms with van der Waals surface area (Å²) in [4.78, 5) is 14.0. The second-order valence-corrected chi connectivity index (χ2v) is 3.71. The molecule has 20 heavy (non-hydrogen) atoms. The molecule has 1 heterocycles. The predicted octanol–water partition coefficient (Wildman–Crippen LogP) is 1.88. The van der Waals surface area contributed by atoms with Crippen molar-refractivity contribution in [2.75, 3.05) is 0 Å². The first-order chi connectivity index (χ1) is 9.61. The smallest absolute Gasteiger partial charge is 0.270 e. The van der Waals surface area contributed by atoms with Gasteiger partial charge in [-0.25, -0.2) is 0 Å². The first-order valence-electron chi connectivity index (χ1n) is 5.46. The Kier molecular flexibility index (Phi) is 3.75. The van der Waals surface area contributed by atoms with E-state index < -0.39 is 4.92 Å². The molecule has 1 aromatic carbocycles. The molecule has 3 N–H and O–H groups in total. The Morgan fingerprint density at radius 1 is 1.45 bits per heavy atom. The fourth-order valence-electron chi connectivity index (χ4n) is 1.51. The molecule has 0 radical (unpaired) electrons. The number of non-ortho nitro benzene ring substituents is 1. The van der Waals surface area contributed by atoms with Crippen LogP contribution < -0.4 is 10.5 Å². The lowest BCUT2D eigenvalue weighted by molar-refractivity contribution is -0.384. The minimum Gasteiger partial charge on any atom is -0.455 e. The molecule has 0 aliphatic rings. The number of hydrogen-bond acceptors (Lipinski definition) is 6. The third-order valence-electron chi connectivity index (χ3n) is 2.42. The molecule has 0 aliphatic carbocycles. The van der Waals surface area contributed by atoms with Crippen LogP contribution in [0.25, 0.3) is 0 Å². The van der Waals surface area contributed by atoms with Gasteiger partial charge in [-0.1, -0.05) is 5.16 Å². The molecular formula is C12H10N4O4. The van der Waals surface area contributed by atoms with Crippen LogP contribution in [0.5, 0.6) is 11.5 Å². The molecule has 0 atom stereocenters. The third kappa shape index (κ3) is 2.80.